The summed E-state index contributed by atoms with van der Waals surface area (Å²) in [6, 6.07) is 6.67. The molecule has 2 rings (SSSR count). The van der Waals surface area contributed by atoms with Gasteiger partial charge in [-0.1, -0.05) is 0 Å². The Morgan fingerprint density at radius 1 is 1.19 bits per heavy atom. The van der Waals surface area contributed by atoms with Gasteiger partial charge in [-0.2, -0.15) is 4.98 Å². The third kappa shape index (κ3) is 3.05. The number of benzene rings is 1. The summed E-state index contributed by atoms with van der Waals surface area (Å²) >= 11 is 0. The Labute approximate surface area is 122 Å². The van der Waals surface area contributed by atoms with Gasteiger partial charge in [0.05, 0.1) is 12.8 Å². The molecule has 0 aliphatic heterocycles. The predicted octanol–water partition coefficient (Wildman–Crippen LogP) is 2.18. The van der Waals surface area contributed by atoms with E-state index in [0.717, 1.165) is 11.1 Å². The monoisotopic (exact) mass is 287 g/mol. The van der Waals surface area contributed by atoms with Gasteiger partial charge in [-0.3, -0.25) is 4.79 Å². The number of nitrogens with zero attached hydrogens (tertiary/aromatic N) is 1. The van der Waals surface area contributed by atoms with Crippen LogP contribution in [0.25, 0.3) is 0 Å². The lowest BCUT2D eigenvalue weighted by atomic mass is 10.1. The Balaban J connectivity index is 2.38. The summed E-state index contributed by atoms with van der Waals surface area (Å²) < 4.78 is 10.8. The van der Waals surface area contributed by atoms with Gasteiger partial charge in [0.1, 0.15) is 5.75 Å². The van der Waals surface area contributed by atoms with Crippen molar-refractivity contribution in [1.29, 1.82) is 0 Å². The van der Waals surface area contributed by atoms with E-state index in [-0.39, 0.29) is 0 Å². The average Bonchev–Trinajstić information content (AvgIpc) is 2.44. The van der Waals surface area contributed by atoms with Crippen molar-refractivity contribution >= 4 is 11.6 Å². The number of carbonyl (C=O) groups excluding carboxylic acids is 1. The number of hydrogen-bond acceptors (Lipinski definition) is 5. The number of hydrogen-bond donors (Lipinski definition) is 2. The second-order valence-corrected chi connectivity index (χ2v) is 4.65. The molecule has 0 fully saturated rings. The number of ether oxygens (including phenoxy) is 2. The lowest BCUT2D eigenvalue weighted by Crippen LogP contribution is -2.11. The van der Waals surface area contributed by atoms with Crippen LogP contribution in [0.1, 0.15) is 21.5 Å². The highest BCUT2D eigenvalue weighted by Crippen LogP contribution is 2.31. The first-order chi connectivity index (χ1) is 9.92. The molecule has 0 spiro atoms. The van der Waals surface area contributed by atoms with Crippen LogP contribution in [0.2, 0.25) is 0 Å². The molecule has 0 saturated carbocycles. The number of amides is 1. The fourth-order valence-electron chi connectivity index (χ4n) is 2.01. The summed E-state index contributed by atoms with van der Waals surface area (Å²) in [5.41, 5.74) is 13.5. The molecule has 0 saturated heterocycles. The summed E-state index contributed by atoms with van der Waals surface area (Å²) in [4.78, 5) is 15.4. The first-order valence-corrected chi connectivity index (χ1v) is 6.31. The van der Waals surface area contributed by atoms with Crippen molar-refractivity contribution in [2.45, 2.75) is 13.8 Å². The highest BCUT2D eigenvalue weighted by Gasteiger charge is 2.12. The van der Waals surface area contributed by atoms with Gasteiger partial charge in [0.15, 0.2) is 0 Å². The van der Waals surface area contributed by atoms with Gasteiger partial charge in [0.2, 0.25) is 17.7 Å². The molecular weight excluding hydrogens is 270 g/mol. The molecule has 4 N–H and O–H groups in total. The summed E-state index contributed by atoms with van der Waals surface area (Å²) in [5.74, 6) is 0.815. The van der Waals surface area contributed by atoms with Crippen molar-refractivity contribution in [2.24, 2.45) is 5.73 Å². The van der Waals surface area contributed by atoms with E-state index in [2.05, 4.69) is 4.98 Å². The maximum atomic E-state index is 11.2. The number of aromatic nitrogens is 1. The number of pyridine rings is 1. The molecule has 110 valence electrons. The highest BCUT2D eigenvalue weighted by molar-refractivity contribution is 5.93. The van der Waals surface area contributed by atoms with E-state index in [1.165, 1.54) is 7.11 Å². The first-order valence-electron chi connectivity index (χ1n) is 6.31. The molecule has 1 aromatic heterocycles. The molecule has 21 heavy (non-hydrogen) atoms. The van der Waals surface area contributed by atoms with Gasteiger partial charge in [-0.15, -0.1) is 0 Å². The van der Waals surface area contributed by atoms with Crippen molar-refractivity contribution in [3.63, 3.8) is 0 Å². The molecule has 1 amide bonds. The number of rotatable bonds is 4. The number of nitrogens with two attached hydrogens (primary N) is 2. The maximum absolute atomic E-state index is 11.2. The molecule has 0 atom stereocenters. The van der Waals surface area contributed by atoms with Crippen LogP contribution in [0.5, 0.6) is 17.5 Å². The van der Waals surface area contributed by atoms with Crippen LogP contribution in [-0.2, 0) is 0 Å². The summed E-state index contributed by atoms with van der Waals surface area (Å²) in [6.07, 6.45) is 0. The van der Waals surface area contributed by atoms with Crippen molar-refractivity contribution in [1.82, 2.24) is 4.98 Å². The first kappa shape index (κ1) is 14.6. The Bertz CT molecular complexity index is 676. The van der Waals surface area contributed by atoms with Crippen molar-refractivity contribution < 1.29 is 14.3 Å². The number of methoxy groups -OCH3 is 1. The van der Waals surface area contributed by atoms with Gasteiger partial charge in [0.25, 0.3) is 0 Å². The minimum Gasteiger partial charge on any atom is -0.479 e. The van der Waals surface area contributed by atoms with Gasteiger partial charge >= 0.3 is 0 Å². The van der Waals surface area contributed by atoms with Gasteiger partial charge in [-0.25, -0.2) is 0 Å². The standard InChI is InChI=1S/C15H17N3O3/c1-8-6-10(14(17)19)7-9(2)13(8)21-12-5-4-11(16)15(18-12)20-3/h4-7H,16H2,1-3H3,(H2,17,19). The van der Waals surface area contributed by atoms with E-state index in [9.17, 15) is 4.79 Å². The molecule has 6 heteroatoms. The number of nitrogen functional groups attached to an aromatic ring is 1. The Hall–Kier alpha value is -2.76. The molecule has 1 heterocycles. The fraction of sp³-hybridized carbons (Fsp3) is 0.200. The lowest BCUT2D eigenvalue weighted by molar-refractivity contribution is 0.1000. The van der Waals surface area contributed by atoms with Crippen LogP contribution in [0, 0.1) is 13.8 Å². The van der Waals surface area contributed by atoms with E-state index in [1.54, 1.807) is 24.3 Å². The SMILES string of the molecule is COc1nc(Oc2c(C)cc(C(N)=O)cc2C)ccc1N. The quantitative estimate of drug-likeness (QED) is 0.897. The molecule has 0 aliphatic rings. The number of carbonyl (C=O) groups is 1. The normalized spacial score (nSPS) is 10.2. The number of primary amides is 1. The molecule has 0 unspecified atom stereocenters. The molecule has 0 bridgehead atoms. The van der Waals surface area contributed by atoms with E-state index < -0.39 is 5.91 Å². The fourth-order valence-corrected chi connectivity index (χ4v) is 2.01. The summed E-state index contributed by atoms with van der Waals surface area (Å²) in [6.45, 7) is 3.67. The van der Waals surface area contributed by atoms with Crippen LogP contribution in [0.4, 0.5) is 5.69 Å². The van der Waals surface area contributed by atoms with E-state index in [0.29, 0.717) is 28.8 Å². The molecular formula is C15H17N3O3. The van der Waals surface area contributed by atoms with E-state index in [1.807, 2.05) is 13.8 Å². The zero-order valence-corrected chi connectivity index (χ0v) is 12.1. The summed E-state index contributed by atoms with van der Waals surface area (Å²) in [7, 11) is 1.49. The highest BCUT2D eigenvalue weighted by atomic mass is 16.5. The second-order valence-electron chi connectivity index (χ2n) is 4.65. The van der Waals surface area contributed by atoms with E-state index in [4.69, 9.17) is 20.9 Å². The van der Waals surface area contributed by atoms with Crippen LogP contribution in [0.3, 0.4) is 0 Å². The Morgan fingerprint density at radius 2 is 1.81 bits per heavy atom. The van der Waals surface area contributed by atoms with Crippen LogP contribution < -0.4 is 20.9 Å². The van der Waals surface area contributed by atoms with Crippen LogP contribution in [-0.4, -0.2) is 18.0 Å². The smallest absolute Gasteiger partial charge is 0.248 e. The molecule has 0 aliphatic carbocycles. The van der Waals surface area contributed by atoms with Gasteiger partial charge in [-0.05, 0) is 43.2 Å². The van der Waals surface area contributed by atoms with Crippen molar-refractivity contribution in [3.8, 4) is 17.5 Å². The van der Waals surface area contributed by atoms with Crippen LogP contribution in [0.15, 0.2) is 24.3 Å². The molecule has 1 aromatic carbocycles. The van der Waals surface area contributed by atoms with Gasteiger partial charge < -0.3 is 20.9 Å². The second kappa shape index (κ2) is 5.70. The lowest BCUT2D eigenvalue weighted by Gasteiger charge is -2.13. The van der Waals surface area contributed by atoms with Gasteiger partial charge in [0, 0.05) is 11.6 Å². The third-order valence-corrected chi connectivity index (χ3v) is 3.01. The number of aryl methyl sites for hydroxylation is 2. The average molecular weight is 287 g/mol. The zero-order chi connectivity index (χ0) is 15.6. The molecule has 2 aromatic rings. The maximum Gasteiger partial charge on any atom is 0.248 e. The largest absolute Gasteiger partial charge is 0.479 e. The van der Waals surface area contributed by atoms with Crippen LogP contribution >= 0.6 is 0 Å². The Kier molecular flexibility index (Phi) is 3.98. The third-order valence-electron chi connectivity index (χ3n) is 3.01. The summed E-state index contributed by atoms with van der Waals surface area (Å²) in [5, 5.41) is 0. The number of anilines is 1. The minimum absolute atomic E-state index is 0.302. The van der Waals surface area contributed by atoms with E-state index >= 15 is 0 Å². The zero-order valence-electron chi connectivity index (χ0n) is 12.1. The molecule has 6 nitrogen and oxygen atoms in total. The van der Waals surface area contributed by atoms with Crippen molar-refractivity contribution in [3.05, 3.63) is 41.0 Å². The predicted molar refractivity (Wildman–Crippen MR) is 79.7 cm³/mol. The van der Waals surface area contributed by atoms with Crippen molar-refractivity contribution in [2.75, 3.05) is 12.8 Å². The molecule has 0 radical (unpaired) electrons. The topological polar surface area (TPSA) is 100 Å². The Morgan fingerprint density at radius 3 is 2.33 bits per heavy atom. The minimum atomic E-state index is -0.472.